The normalized spacial score (nSPS) is 12.6. The van der Waals surface area contributed by atoms with Crippen LogP contribution in [0.5, 0.6) is 0 Å². The third kappa shape index (κ3) is 2.56. The Kier molecular flexibility index (Phi) is 3.27. The van der Waals surface area contributed by atoms with E-state index in [1.165, 1.54) is 12.1 Å². The molecule has 0 aliphatic heterocycles. The summed E-state index contributed by atoms with van der Waals surface area (Å²) in [7, 11) is 0. The molecule has 0 unspecified atom stereocenters. The number of rotatable bonds is 1. The van der Waals surface area contributed by atoms with Gasteiger partial charge in [0, 0.05) is 5.41 Å². The summed E-state index contributed by atoms with van der Waals surface area (Å²) < 4.78 is 0.594. The van der Waals surface area contributed by atoms with E-state index in [1.807, 2.05) is 0 Å². The van der Waals surface area contributed by atoms with Crippen LogP contribution in [-0.2, 0) is 4.79 Å². The third-order valence-electron chi connectivity index (χ3n) is 1.95. The summed E-state index contributed by atoms with van der Waals surface area (Å²) >= 11 is 0. The van der Waals surface area contributed by atoms with Gasteiger partial charge in [-0.15, -0.1) is 0 Å². The highest BCUT2D eigenvalue weighted by atomic mass is 16.5. The van der Waals surface area contributed by atoms with Crippen molar-refractivity contribution in [2.24, 2.45) is 10.4 Å². The first-order valence-corrected chi connectivity index (χ1v) is 4.82. The van der Waals surface area contributed by atoms with Crippen molar-refractivity contribution < 1.29 is 14.8 Å². The summed E-state index contributed by atoms with van der Waals surface area (Å²) in [4.78, 5) is 25.9. The quantitative estimate of drug-likeness (QED) is 0.569. The van der Waals surface area contributed by atoms with Crippen molar-refractivity contribution in [1.82, 2.24) is 4.73 Å². The molecule has 1 rings (SSSR count). The van der Waals surface area contributed by atoms with Crippen LogP contribution in [0.25, 0.3) is 0 Å². The Bertz CT molecular complexity index is 481. The molecule has 1 aromatic rings. The second kappa shape index (κ2) is 4.30. The molecule has 0 spiro atoms. The number of carbonyl (C=O) groups is 2. The van der Waals surface area contributed by atoms with E-state index in [0.717, 1.165) is 0 Å². The van der Waals surface area contributed by atoms with Crippen LogP contribution < -0.4 is 5.49 Å². The largest absolute Gasteiger partial charge is 0.426 e. The van der Waals surface area contributed by atoms with Crippen LogP contribution in [0.2, 0.25) is 0 Å². The molecule has 0 aliphatic rings. The fourth-order valence-electron chi connectivity index (χ4n) is 0.952. The van der Waals surface area contributed by atoms with E-state index in [9.17, 15) is 14.8 Å². The van der Waals surface area contributed by atoms with Crippen molar-refractivity contribution in [3.8, 4) is 0 Å². The van der Waals surface area contributed by atoms with Crippen molar-refractivity contribution >= 4 is 12.2 Å². The molecule has 0 bridgehead atoms. The molecule has 1 N–H and O–H groups in total. The standard InChI is InChI=1S/C11H14N2O3/c1-11(2,3)10(15)12-9-6-4-5-8(7-14)13(9)16/h4-7,16H,1-3H3. The van der Waals surface area contributed by atoms with Gasteiger partial charge in [0.2, 0.25) is 0 Å². The third-order valence-corrected chi connectivity index (χ3v) is 1.95. The summed E-state index contributed by atoms with van der Waals surface area (Å²) in [5.41, 5.74) is -0.531. The zero-order valence-corrected chi connectivity index (χ0v) is 9.47. The van der Waals surface area contributed by atoms with Crippen LogP contribution in [0, 0.1) is 5.41 Å². The number of aldehydes is 1. The summed E-state index contributed by atoms with van der Waals surface area (Å²) in [5.74, 6) is -0.363. The highest BCUT2D eigenvalue weighted by Crippen LogP contribution is 2.14. The van der Waals surface area contributed by atoms with Gasteiger partial charge in [-0.2, -0.15) is 9.72 Å². The van der Waals surface area contributed by atoms with Crippen molar-refractivity contribution in [3.05, 3.63) is 29.4 Å². The highest BCUT2D eigenvalue weighted by molar-refractivity contribution is 5.82. The minimum absolute atomic E-state index is 0.0444. The first kappa shape index (κ1) is 12.2. The average molecular weight is 222 g/mol. The molecular weight excluding hydrogens is 208 g/mol. The monoisotopic (exact) mass is 222 g/mol. The van der Waals surface area contributed by atoms with E-state index in [4.69, 9.17) is 0 Å². The highest BCUT2D eigenvalue weighted by Gasteiger charge is 2.20. The average Bonchev–Trinajstić information content (AvgIpc) is 2.19. The maximum absolute atomic E-state index is 11.6. The molecule has 0 atom stereocenters. The zero-order chi connectivity index (χ0) is 12.3. The predicted molar refractivity (Wildman–Crippen MR) is 57.0 cm³/mol. The lowest BCUT2D eigenvalue weighted by atomic mass is 9.96. The maximum atomic E-state index is 11.6. The van der Waals surface area contributed by atoms with Gasteiger partial charge in [-0.3, -0.25) is 9.59 Å². The van der Waals surface area contributed by atoms with Gasteiger partial charge in [-0.05, 0) is 12.1 Å². The topological polar surface area (TPSA) is 71.7 Å². The van der Waals surface area contributed by atoms with Crippen LogP contribution in [0.4, 0.5) is 0 Å². The fraction of sp³-hybridized carbons (Fsp3) is 0.364. The smallest absolute Gasteiger partial charge is 0.253 e. The Morgan fingerprint density at radius 1 is 1.44 bits per heavy atom. The van der Waals surface area contributed by atoms with Gasteiger partial charge in [0.15, 0.2) is 11.8 Å². The van der Waals surface area contributed by atoms with E-state index < -0.39 is 5.41 Å². The van der Waals surface area contributed by atoms with Crippen LogP contribution in [0.1, 0.15) is 31.3 Å². The fourth-order valence-corrected chi connectivity index (χ4v) is 0.952. The summed E-state index contributed by atoms with van der Waals surface area (Å²) in [6.45, 7) is 5.18. The number of amides is 1. The number of aromatic nitrogens is 1. The van der Waals surface area contributed by atoms with Gasteiger partial charge in [-0.25, -0.2) is 0 Å². The molecule has 1 amide bonds. The molecule has 1 aromatic heterocycles. The van der Waals surface area contributed by atoms with E-state index in [2.05, 4.69) is 4.99 Å². The van der Waals surface area contributed by atoms with Crippen molar-refractivity contribution in [2.75, 3.05) is 0 Å². The lowest BCUT2D eigenvalue weighted by Crippen LogP contribution is -2.27. The lowest BCUT2D eigenvalue weighted by molar-refractivity contribution is -0.125. The molecule has 0 saturated carbocycles. The van der Waals surface area contributed by atoms with E-state index in [1.54, 1.807) is 26.8 Å². The van der Waals surface area contributed by atoms with Gasteiger partial charge < -0.3 is 5.21 Å². The van der Waals surface area contributed by atoms with Crippen molar-refractivity contribution in [1.29, 1.82) is 0 Å². The number of pyridine rings is 1. The lowest BCUT2D eigenvalue weighted by Gasteiger charge is -2.12. The molecule has 5 heteroatoms. The first-order valence-electron chi connectivity index (χ1n) is 4.82. The number of hydrogen-bond acceptors (Lipinski definition) is 3. The Hall–Kier alpha value is -1.91. The van der Waals surface area contributed by atoms with Gasteiger partial charge in [0.05, 0.1) is 0 Å². The molecule has 0 aliphatic carbocycles. The van der Waals surface area contributed by atoms with Crippen LogP contribution in [-0.4, -0.2) is 22.1 Å². The van der Waals surface area contributed by atoms with Crippen LogP contribution in [0.3, 0.4) is 0 Å². The van der Waals surface area contributed by atoms with E-state index in [-0.39, 0.29) is 17.1 Å². The number of nitrogens with zero attached hydrogens (tertiary/aromatic N) is 2. The molecule has 86 valence electrons. The molecule has 5 nitrogen and oxygen atoms in total. The van der Waals surface area contributed by atoms with Gasteiger partial charge in [0.1, 0.15) is 5.69 Å². The van der Waals surface area contributed by atoms with Gasteiger partial charge in [0.25, 0.3) is 5.91 Å². The number of hydrogen-bond donors (Lipinski definition) is 1. The molecule has 0 radical (unpaired) electrons. The SMILES string of the molecule is CC(C)(C)C(=O)N=c1cccc(C=O)n1O. The summed E-state index contributed by atoms with van der Waals surface area (Å²) in [6.07, 6.45) is 0.487. The zero-order valence-electron chi connectivity index (χ0n) is 9.47. The molecular formula is C11H14N2O3. The molecule has 0 fully saturated rings. The van der Waals surface area contributed by atoms with Crippen LogP contribution >= 0.6 is 0 Å². The van der Waals surface area contributed by atoms with Crippen LogP contribution in [0.15, 0.2) is 23.2 Å². The molecule has 0 saturated heterocycles. The summed E-state index contributed by atoms with van der Waals surface area (Å²) in [5, 5.41) is 9.54. The second-order valence-electron chi connectivity index (χ2n) is 4.41. The Morgan fingerprint density at radius 3 is 2.56 bits per heavy atom. The summed E-state index contributed by atoms with van der Waals surface area (Å²) in [6, 6.07) is 4.43. The Balaban J connectivity index is 3.29. The minimum Gasteiger partial charge on any atom is -0.426 e. The first-order chi connectivity index (χ1) is 7.36. The van der Waals surface area contributed by atoms with E-state index in [0.29, 0.717) is 11.0 Å². The van der Waals surface area contributed by atoms with Gasteiger partial charge in [-0.1, -0.05) is 26.8 Å². The van der Waals surface area contributed by atoms with Gasteiger partial charge >= 0.3 is 0 Å². The number of carbonyl (C=O) groups excluding carboxylic acids is 2. The maximum Gasteiger partial charge on any atom is 0.253 e. The van der Waals surface area contributed by atoms with Crippen molar-refractivity contribution in [3.63, 3.8) is 0 Å². The molecule has 16 heavy (non-hydrogen) atoms. The van der Waals surface area contributed by atoms with Crippen molar-refractivity contribution in [2.45, 2.75) is 20.8 Å². The minimum atomic E-state index is -0.621. The molecule has 1 heterocycles. The second-order valence-corrected chi connectivity index (χ2v) is 4.41. The molecule has 0 aromatic carbocycles. The predicted octanol–water partition coefficient (Wildman–Crippen LogP) is 1.01. The Morgan fingerprint density at radius 2 is 2.06 bits per heavy atom. The van der Waals surface area contributed by atoms with E-state index >= 15 is 0 Å². The Labute approximate surface area is 93.0 Å².